The highest BCUT2D eigenvalue weighted by Crippen LogP contribution is 2.33. The molecule has 2 N–H and O–H groups in total. The van der Waals surface area contributed by atoms with Crippen molar-refractivity contribution >= 4 is 23.1 Å². The summed E-state index contributed by atoms with van der Waals surface area (Å²) in [4.78, 5) is 16.8. The second-order valence-corrected chi connectivity index (χ2v) is 5.37. The molecule has 6 nitrogen and oxygen atoms in total. The van der Waals surface area contributed by atoms with Gasteiger partial charge < -0.3 is 10.6 Å². The number of aromatic nitrogens is 1. The number of rotatable bonds is 3. The third kappa shape index (κ3) is 2.96. The van der Waals surface area contributed by atoms with Crippen LogP contribution in [0.25, 0.3) is 0 Å². The van der Waals surface area contributed by atoms with Crippen molar-refractivity contribution in [1.29, 1.82) is 0 Å². The second-order valence-electron chi connectivity index (χ2n) is 4.93. The molecule has 7 heteroatoms. The van der Waals surface area contributed by atoms with Crippen molar-refractivity contribution in [2.45, 2.75) is 25.8 Å². The van der Waals surface area contributed by atoms with Crippen molar-refractivity contribution in [1.82, 2.24) is 4.98 Å². The summed E-state index contributed by atoms with van der Waals surface area (Å²) in [6.45, 7) is 3.34. The van der Waals surface area contributed by atoms with Gasteiger partial charge in [-0.25, -0.2) is 4.98 Å². The summed E-state index contributed by atoms with van der Waals surface area (Å²) < 4.78 is 0. The predicted molar refractivity (Wildman–Crippen MR) is 74.5 cm³/mol. The van der Waals surface area contributed by atoms with Crippen molar-refractivity contribution in [3.63, 3.8) is 0 Å². The van der Waals surface area contributed by atoms with E-state index in [0.717, 1.165) is 12.8 Å². The maximum Gasteiger partial charge on any atom is 0.313 e. The quantitative estimate of drug-likeness (QED) is 0.679. The van der Waals surface area contributed by atoms with Crippen LogP contribution < -0.4 is 10.6 Å². The molecule has 0 saturated carbocycles. The van der Waals surface area contributed by atoms with Gasteiger partial charge in [-0.3, -0.25) is 10.1 Å². The van der Waals surface area contributed by atoms with E-state index in [2.05, 4.69) is 4.98 Å². The third-order valence-electron chi connectivity index (χ3n) is 3.60. The number of anilines is 1. The predicted octanol–water partition coefficient (Wildman–Crippen LogP) is 2.21. The summed E-state index contributed by atoms with van der Waals surface area (Å²) in [6.07, 6.45) is 3.46. The van der Waals surface area contributed by atoms with Crippen LogP contribution >= 0.6 is 11.6 Å². The fraction of sp³-hybridized carbons (Fsp3) is 0.583. The van der Waals surface area contributed by atoms with Crippen LogP contribution in [0.15, 0.2) is 12.3 Å². The molecule has 1 aliphatic heterocycles. The fourth-order valence-corrected chi connectivity index (χ4v) is 2.60. The largest absolute Gasteiger partial charge is 0.348 e. The Morgan fingerprint density at radius 1 is 1.63 bits per heavy atom. The Labute approximate surface area is 116 Å². The van der Waals surface area contributed by atoms with E-state index in [1.807, 2.05) is 11.8 Å². The summed E-state index contributed by atoms with van der Waals surface area (Å²) in [5.41, 5.74) is 5.66. The van der Waals surface area contributed by atoms with Gasteiger partial charge in [0.1, 0.15) is 0 Å². The van der Waals surface area contributed by atoms with Gasteiger partial charge in [0.25, 0.3) is 0 Å². The van der Waals surface area contributed by atoms with E-state index in [9.17, 15) is 10.1 Å². The number of nitrogens with zero attached hydrogens (tertiary/aromatic N) is 3. The number of nitrogens with two attached hydrogens (primary N) is 1. The monoisotopic (exact) mass is 284 g/mol. The van der Waals surface area contributed by atoms with Crippen LogP contribution in [-0.4, -0.2) is 29.0 Å². The minimum Gasteiger partial charge on any atom is -0.348 e. The molecule has 2 unspecified atom stereocenters. The van der Waals surface area contributed by atoms with Gasteiger partial charge in [-0.1, -0.05) is 11.6 Å². The normalized spacial score (nSPS) is 23.4. The van der Waals surface area contributed by atoms with Gasteiger partial charge >= 0.3 is 5.69 Å². The molecule has 1 aromatic rings. The molecule has 0 bridgehead atoms. The summed E-state index contributed by atoms with van der Waals surface area (Å²) in [5.74, 6) is 0.744. The van der Waals surface area contributed by atoms with Gasteiger partial charge in [-0.15, -0.1) is 0 Å². The zero-order valence-corrected chi connectivity index (χ0v) is 11.5. The standard InChI is InChI=1S/C12H17ClN4O2/c1-8-2-3-9(5-14)7-16(8)12-11(17(18)19)4-10(13)6-15-12/h4,6,8-9H,2-3,5,7,14H2,1H3. The topological polar surface area (TPSA) is 85.3 Å². The smallest absolute Gasteiger partial charge is 0.313 e. The molecule has 2 heterocycles. The first kappa shape index (κ1) is 14.0. The van der Waals surface area contributed by atoms with E-state index in [4.69, 9.17) is 17.3 Å². The molecular formula is C12H17ClN4O2. The molecule has 0 spiro atoms. The summed E-state index contributed by atoms with van der Waals surface area (Å²) in [6, 6.07) is 1.57. The van der Waals surface area contributed by atoms with Gasteiger partial charge in [0, 0.05) is 24.8 Å². The van der Waals surface area contributed by atoms with Crippen LogP contribution in [0.2, 0.25) is 5.02 Å². The van der Waals surface area contributed by atoms with Crippen molar-refractivity contribution in [3.05, 3.63) is 27.4 Å². The van der Waals surface area contributed by atoms with Crippen LogP contribution in [0.1, 0.15) is 19.8 Å². The first-order valence-electron chi connectivity index (χ1n) is 6.29. The molecule has 1 aromatic heterocycles. The van der Waals surface area contributed by atoms with E-state index in [1.165, 1.54) is 12.3 Å². The third-order valence-corrected chi connectivity index (χ3v) is 3.80. The van der Waals surface area contributed by atoms with E-state index < -0.39 is 4.92 Å². The molecule has 1 saturated heterocycles. The Balaban J connectivity index is 2.36. The molecule has 2 atom stereocenters. The van der Waals surface area contributed by atoms with Gasteiger partial charge in [0.15, 0.2) is 0 Å². The lowest BCUT2D eigenvalue weighted by molar-refractivity contribution is -0.384. The summed E-state index contributed by atoms with van der Waals surface area (Å²) in [7, 11) is 0. The minimum atomic E-state index is -0.438. The van der Waals surface area contributed by atoms with Crippen LogP contribution in [0.3, 0.4) is 0 Å². The average molecular weight is 285 g/mol. The number of pyridine rings is 1. The van der Waals surface area contributed by atoms with E-state index in [1.54, 1.807) is 0 Å². The van der Waals surface area contributed by atoms with Crippen LogP contribution in [0.5, 0.6) is 0 Å². The van der Waals surface area contributed by atoms with E-state index >= 15 is 0 Å². The molecule has 0 amide bonds. The van der Waals surface area contributed by atoms with Crippen molar-refractivity contribution < 1.29 is 4.92 Å². The maximum absolute atomic E-state index is 11.1. The Bertz CT molecular complexity index is 483. The number of hydrogen-bond donors (Lipinski definition) is 1. The zero-order valence-electron chi connectivity index (χ0n) is 10.8. The molecule has 0 aliphatic carbocycles. The zero-order chi connectivity index (χ0) is 14.0. The van der Waals surface area contributed by atoms with Crippen molar-refractivity contribution in [2.75, 3.05) is 18.0 Å². The highest BCUT2D eigenvalue weighted by molar-refractivity contribution is 6.30. The SMILES string of the molecule is CC1CCC(CN)CN1c1ncc(Cl)cc1[N+](=O)[O-]. The first-order valence-corrected chi connectivity index (χ1v) is 6.67. The van der Waals surface area contributed by atoms with Gasteiger partial charge in [0.05, 0.1) is 9.95 Å². The van der Waals surface area contributed by atoms with Gasteiger partial charge in [-0.2, -0.15) is 0 Å². The van der Waals surface area contributed by atoms with E-state index in [-0.39, 0.29) is 16.8 Å². The molecule has 1 aliphatic rings. The lowest BCUT2D eigenvalue weighted by Gasteiger charge is -2.38. The van der Waals surface area contributed by atoms with Crippen LogP contribution in [0.4, 0.5) is 11.5 Å². The molecule has 1 fully saturated rings. The Morgan fingerprint density at radius 3 is 3.00 bits per heavy atom. The Morgan fingerprint density at radius 2 is 2.37 bits per heavy atom. The fourth-order valence-electron chi connectivity index (χ4n) is 2.45. The molecule has 0 radical (unpaired) electrons. The van der Waals surface area contributed by atoms with E-state index in [0.29, 0.717) is 24.8 Å². The van der Waals surface area contributed by atoms with Gasteiger partial charge in [0.2, 0.25) is 5.82 Å². The van der Waals surface area contributed by atoms with Crippen LogP contribution in [0, 0.1) is 16.0 Å². The maximum atomic E-state index is 11.1. The van der Waals surface area contributed by atoms with Gasteiger partial charge in [-0.05, 0) is 32.2 Å². The average Bonchev–Trinajstić information content (AvgIpc) is 2.39. The number of nitro groups is 1. The minimum absolute atomic E-state index is 0.0444. The molecule has 0 aromatic carbocycles. The summed E-state index contributed by atoms with van der Waals surface area (Å²) in [5, 5.41) is 11.4. The molecule has 2 rings (SSSR count). The highest BCUT2D eigenvalue weighted by Gasteiger charge is 2.30. The molecular weight excluding hydrogens is 268 g/mol. The lowest BCUT2D eigenvalue weighted by Crippen LogP contribution is -2.44. The number of hydrogen-bond acceptors (Lipinski definition) is 5. The molecule has 19 heavy (non-hydrogen) atoms. The number of piperidine rings is 1. The lowest BCUT2D eigenvalue weighted by atomic mass is 9.93. The second kappa shape index (κ2) is 5.71. The van der Waals surface area contributed by atoms with Crippen LogP contribution in [-0.2, 0) is 0 Å². The Kier molecular flexibility index (Phi) is 4.21. The Hall–Kier alpha value is -1.40. The van der Waals surface area contributed by atoms with Crippen molar-refractivity contribution in [2.24, 2.45) is 11.7 Å². The first-order chi connectivity index (χ1) is 9.02. The highest BCUT2D eigenvalue weighted by atomic mass is 35.5. The molecule has 104 valence electrons. The number of halogens is 1. The summed E-state index contributed by atoms with van der Waals surface area (Å²) >= 11 is 5.79. The van der Waals surface area contributed by atoms with Crippen molar-refractivity contribution in [3.8, 4) is 0 Å².